The second-order valence-corrected chi connectivity index (χ2v) is 8.15. The van der Waals surface area contributed by atoms with Gasteiger partial charge in [-0.25, -0.2) is 13.6 Å². The maximum atomic E-state index is 12.0. The largest absolute Gasteiger partial charge is 0.351 e. The lowest BCUT2D eigenvalue weighted by molar-refractivity contribution is -0.116. The van der Waals surface area contributed by atoms with Gasteiger partial charge in [0.05, 0.1) is 10.6 Å². The minimum atomic E-state index is -3.97. The van der Waals surface area contributed by atoms with Gasteiger partial charge in [0.15, 0.2) is 0 Å². The van der Waals surface area contributed by atoms with Gasteiger partial charge in [0.25, 0.3) is 15.9 Å². The van der Waals surface area contributed by atoms with E-state index in [0.29, 0.717) is 16.4 Å². The molecule has 2 amide bonds. The molecule has 1 aromatic heterocycles. The lowest BCUT2D eigenvalue weighted by Gasteiger charge is -2.06. The van der Waals surface area contributed by atoms with E-state index in [1.807, 2.05) is 0 Å². The van der Waals surface area contributed by atoms with Crippen molar-refractivity contribution in [2.45, 2.75) is 10.8 Å². The molecule has 2 rings (SSSR count). The van der Waals surface area contributed by atoms with Crippen LogP contribution in [0, 0.1) is 0 Å². The van der Waals surface area contributed by atoms with Gasteiger partial charge in [-0.3, -0.25) is 9.59 Å². The van der Waals surface area contributed by atoms with Gasteiger partial charge >= 0.3 is 0 Å². The number of halogens is 2. The summed E-state index contributed by atoms with van der Waals surface area (Å²) in [5, 5.41) is 17.2. The zero-order valence-electron chi connectivity index (χ0n) is 12.3. The van der Waals surface area contributed by atoms with E-state index < -0.39 is 26.2 Å². The summed E-state index contributed by atoms with van der Waals surface area (Å²) in [7, 11) is -3.97. The van der Waals surface area contributed by atoms with Crippen molar-refractivity contribution in [1.82, 2.24) is 15.5 Å². The van der Waals surface area contributed by atoms with Crippen molar-refractivity contribution in [1.29, 1.82) is 0 Å². The molecule has 0 atom stereocenters. The molecular weight excluding hydrogens is 413 g/mol. The van der Waals surface area contributed by atoms with Crippen molar-refractivity contribution in [3.8, 4) is 0 Å². The monoisotopic (exact) mass is 423 g/mol. The minimum Gasteiger partial charge on any atom is -0.351 e. The van der Waals surface area contributed by atoms with E-state index in [0.717, 1.165) is 0 Å². The van der Waals surface area contributed by atoms with Crippen molar-refractivity contribution >= 4 is 61.5 Å². The van der Waals surface area contributed by atoms with E-state index in [-0.39, 0.29) is 28.7 Å². The molecule has 4 N–H and O–H groups in total. The van der Waals surface area contributed by atoms with Gasteiger partial charge in [-0.2, -0.15) is 0 Å². The van der Waals surface area contributed by atoms with Crippen LogP contribution in [0.2, 0.25) is 10.0 Å². The number of benzene rings is 1. The van der Waals surface area contributed by atoms with Gasteiger partial charge < -0.3 is 10.6 Å². The number of anilines is 1. The molecule has 0 fully saturated rings. The van der Waals surface area contributed by atoms with Crippen LogP contribution in [-0.2, 0) is 14.8 Å². The zero-order chi connectivity index (χ0) is 18.6. The first-order valence-corrected chi connectivity index (χ1v) is 9.68. The van der Waals surface area contributed by atoms with Crippen LogP contribution in [0.4, 0.5) is 5.13 Å². The third kappa shape index (κ3) is 5.61. The van der Waals surface area contributed by atoms with Crippen LogP contribution < -0.4 is 15.8 Å². The summed E-state index contributed by atoms with van der Waals surface area (Å²) in [5.41, 5.74) is 0.230. The number of carbonyl (C=O) groups excluding carboxylic acids is 2. The van der Waals surface area contributed by atoms with Crippen LogP contribution >= 0.6 is 34.5 Å². The highest BCUT2D eigenvalue weighted by molar-refractivity contribution is 7.91. The first-order chi connectivity index (χ1) is 11.7. The first-order valence-electron chi connectivity index (χ1n) is 6.56. The second kappa shape index (κ2) is 8.06. The summed E-state index contributed by atoms with van der Waals surface area (Å²) < 4.78 is 21.7. The maximum absolute atomic E-state index is 12.0. The number of nitrogens with two attached hydrogens (primary N) is 1. The summed E-state index contributed by atoms with van der Waals surface area (Å²) in [5.74, 6) is -0.943. The van der Waals surface area contributed by atoms with Gasteiger partial charge in [0.2, 0.25) is 15.4 Å². The molecule has 0 radical (unpaired) electrons. The Kier molecular flexibility index (Phi) is 6.30. The van der Waals surface area contributed by atoms with Crippen LogP contribution in [0.3, 0.4) is 0 Å². The summed E-state index contributed by atoms with van der Waals surface area (Å²) in [6.45, 7) is 0.0322. The van der Waals surface area contributed by atoms with Crippen LogP contribution in [0.1, 0.15) is 16.8 Å². The molecule has 0 unspecified atom stereocenters. The molecule has 1 heterocycles. The Balaban J connectivity index is 1.84. The minimum absolute atomic E-state index is 0.0129. The van der Waals surface area contributed by atoms with Gasteiger partial charge in [0.1, 0.15) is 0 Å². The van der Waals surface area contributed by atoms with Gasteiger partial charge in [-0.1, -0.05) is 34.5 Å². The Labute approximate surface area is 156 Å². The molecule has 0 bridgehead atoms. The molecule has 25 heavy (non-hydrogen) atoms. The quantitative estimate of drug-likeness (QED) is 0.596. The molecular formula is C12H11Cl2N5O4S2. The average molecular weight is 424 g/mol. The summed E-state index contributed by atoms with van der Waals surface area (Å²) >= 11 is 12.3. The van der Waals surface area contributed by atoms with E-state index in [1.54, 1.807) is 0 Å². The molecule has 0 saturated heterocycles. The van der Waals surface area contributed by atoms with E-state index >= 15 is 0 Å². The summed E-state index contributed by atoms with van der Waals surface area (Å²) in [6, 6.07) is 4.42. The SMILES string of the molecule is NS(=O)(=O)c1nnc(NC(=O)CCNC(=O)c2ccc(Cl)cc2Cl)s1. The lowest BCUT2D eigenvalue weighted by Crippen LogP contribution is -2.27. The molecule has 0 aliphatic carbocycles. The van der Waals surface area contributed by atoms with Crippen LogP contribution in [-0.4, -0.2) is 37.0 Å². The number of hydrogen-bond donors (Lipinski definition) is 3. The van der Waals surface area contributed by atoms with E-state index in [2.05, 4.69) is 20.8 Å². The molecule has 0 spiro atoms. The van der Waals surface area contributed by atoms with Crippen molar-refractivity contribution in [3.05, 3.63) is 33.8 Å². The van der Waals surface area contributed by atoms with Gasteiger partial charge in [-0.05, 0) is 18.2 Å². The smallest absolute Gasteiger partial charge is 0.267 e. The Morgan fingerprint density at radius 1 is 1.24 bits per heavy atom. The molecule has 0 aliphatic heterocycles. The highest BCUT2D eigenvalue weighted by atomic mass is 35.5. The van der Waals surface area contributed by atoms with Crippen molar-refractivity contribution in [2.24, 2.45) is 5.14 Å². The number of hydrogen-bond acceptors (Lipinski definition) is 7. The lowest BCUT2D eigenvalue weighted by atomic mass is 10.2. The highest BCUT2D eigenvalue weighted by Gasteiger charge is 2.16. The fourth-order valence-corrected chi connectivity index (χ4v) is 3.46. The molecule has 1 aromatic carbocycles. The number of primary sulfonamides is 1. The van der Waals surface area contributed by atoms with Crippen molar-refractivity contribution < 1.29 is 18.0 Å². The number of nitrogens with zero attached hydrogens (tertiary/aromatic N) is 2. The highest BCUT2D eigenvalue weighted by Crippen LogP contribution is 2.21. The maximum Gasteiger partial charge on any atom is 0.267 e. The number of aromatic nitrogens is 2. The van der Waals surface area contributed by atoms with Crippen molar-refractivity contribution in [3.63, 3.8) is 0 Å². The van der Waals surface area contributed by atoms with Crippen LogP contribution in [0.15, 0.2) is 22.5 Å². The standard InChI is InChI=1S/C12H11Cl2N5O4S2/c13-6-1-2-7(8(14)5-6)10(21)16-4-3-9(20)17-11-18-19-12(24-11)25(15,22)23/h1-2,5H,3-4H2,(H,16,21)(H2,15,22,23)(H,17,18,20). The fourth-order valence-electron chi connectivity index (χ4n) is 1.62. The number of nitrogens with one attached hydrogen (secondary N) is 2. The fraction of sp³-hybridized carbons (Fsp3) is 0.167. The number of rotatable bonds is 6. The third-order valence-electron chi connectivity index (χ3n) is 2.71. The van der Waals surface area contributed by atoms with E-state index in [1.165, 1.54) is 18.2 Å². The summed E-state index contributed by atoms with van der Waals surface area (Å²) in [6.07, 6.45) is -0.0682. The Morgan fingerprint density at radius 2 is 1.96 bits per heavy atom. The normalized spacial score (nSPS) is 11.2. The zero-order valence-corrected chi connectivity index (χ0v) is 15.5. The number of amides is 2. The Morgan fingerprint density at radius 3 is 2.56 bits per heavy atom. The van der Waals surface area contributed by atoms with Crippen LogP contribution in [0.25, 0.3) is 0 Å². The number of sulfonamides is 1. The predicted molar refractivity (Wildman–Crippen MR) is 93.3 cm³/mol. The molecule has 9 nitrogen and oxygen atoms in total. The second-order valence-electron chi connectivity index (χ2n) is 4.60. The molecule has 0 aliphatic rings. The van der Waals surface area contributed by atoms with Crippen molar-refractivity contribution in [2.75, 3.05) is 11.9 Å². The Bertz CT molecular complexity index is 916. The van der Waals surface area contributed by atoms with Gasteiger partial charge in [-0.15, -0.1) is 10.2 Å². The topological polar surface area (TPSA) is 144 Å². The first kappa shape index (κ1) is 19.5. The van der Waals surface area contributed by atoms with E-state index in [9.17, 15) is 18.0 Å². The molecule has 134 valence electrons. The summed E-state index contributed by atoms with van der Waals surface area (Å²) in [4.78, 5) is 23.7. The predicted octanol–water partition coefficient (Wildman–Crippen LogP) is 1.25. The Hall–Kier alpha value is -1.79. The molecule has 13 heteroatoms. The van der Waals surface area contributed by atoms with E-state index in [4.69, 9.17) is 28.3 Å². The third-order valence-corrected chi connectivity index (χ3v) is 5.41. The van der Waals surface area contributed by atoms with Gasteiger partial charge in [0, 0.05) is 18.0 Å². The molecule has 0 saturated carbocycles. The average Bonchev–Trinajstić information content (AvgIpc) is 2.95. The number of carbonyl (C=O) groups is 2. The van der Waals surface area contributed by atoms with Crippen LogP contribution in [0.5, 0.6) is 0 Å². The molecule has 2 aromatic rings.